The van der Waals surface area contributed by atoms with Crippen molar-refractivity contribution in [3.8, 4) is 5.75 Å². The molecule has 0 amide bonds. The van der Waals surface area contributed by atoms with Gasteiger partial charge in [0, 0.05) is 12.1 Å². The molecule has 4 heteroatoms. The predicted molar refractivity (Wildman–Crippen MR) is 84.6 cm³/mol. The van der Waals surface area contributed by atoms with E-state index in [1.54, 1.807) is 7.11 Å². The first-order valence-electron chi connectivity index (χ1n) is 7.10. The van der Waals surface area contributed by atoms with Gasteiger partial charge in [-0.3, -0.25) is 0 Å². The lowest BCUT2D eigenvalue weighted by atomic mass is 9.77. The second kappa shape index (κ2) is 7.30. The monoisotopic (exact) mass is 299 g/mol. The second-order valence-electron chi connectivity index (χ2n) is 5.82. The van der Waals surface area contributed by atoms with Crippen LogP contribution in [-0.4, -0.2) is 31.2 Å². The molecule has 1 N–H and O–H groups in total. The van der Waals surface area contributed by atoms with E-state index in [9.17, 15) is 5.11 Å². The van der Waals surface area contributed by atoms with Gasteiger partial charge in [-0.25, -0.2) is 0 Å². The number of hydrogen-bond acceptors (Lipinski definition) is 3. The highest BCUT2D eigenvalue weighted by Crippen LogP contribution is 2.40. The third-order valence-electron chi connectivity index (χ3n) is 4.01. The molecule has 1 aliphatic rings. The molecule has 0 atom stereocenters. The molecular formula is C16H26ClNO2. The lowest BCUT2D eigenvalue weighted by molar-refractivity contribution is -0.00200. The molecule has 2 rings (SSSR count). The summed E-state index contributed by atoms with van der Waals surface area (Å²) in [5.74, 6) is 0.880. The van der Waals surface area contributed by atoms with E-state index in [0.29, 0.717) is 0 Å². The lowest BCUT2D eigenvalue weighted by Gasteiger charge is -2.35. The van der Waals surface area contributed by atoms with Gasteiger partial charge in [0.05, 0.1) is 12.7 Å². The number of methoxy groups -OCH3 is 1. The van der Waals surface area contributed by atoms with Gasteiger partial charge >= 0.3 is 0 Å². The normalized spacial score (nSPS) is 17.6. The smallest absolute Gasteiger partial charge is 0.123 e. The molecule has 1 aromatic carbocycles. The molecule has 0 spiro atoms. The van der Waals surface area contributed by atoms with Gasteiger partial charge in [0.2, 0.25) is 0 Å². The van der Waals surface area contributed by atoms with Crippen molar-refractivity contribution in [3.05, 3.63) is 29.3 Å². The summed E-state index contributed by atoms with van der Waals surface area (Å²) in [6.07, 6.45) is 5.17. The molecule has 3 nitrogen and oxygen atoms in total. The van der Waals surface area contributed by atoms with Crippen LogP contribution in [0.1, 0.15) is 43.2 Å². The molecule has 0 saturated heterocycles. The molecule has 114 valence electrons. The Morgan fingerprint density at radius 1 is 1.20 bits per heavy atom. The Morgan fingerprint density at radius 2 is 1.85 bits per heavy atom. The maximum atomic E-state index is 11.0. The standard InChI is InChI=1S/C16H25NO2.ClH/c1-17(2)12-13-14(8-7-9-15(13)19-3)16(18)10-5-4-6-11-16;/h7-9,18H,4-6,10-12H2,1-3H3;1H. The van der Waals surface area contributed by atoms with Gasteiger partial charge < -0.3 is 14.7 Å². The summed E-state index contributed by atoms with van der Waals surface area (Å²) in [5, 5.41) is 11.0. The van der Waals surface area contributed by atoms with E-state index in [4.69, 9.17) is 4.74 Å². The molecule has 0 aliphatic heterocycles. The Labute approximate surface area is 128 Å². The van der Waals surface area contributed by atoms with Crippen molar-refractivity contribution in [3.63, 3.8) is 0 Å². The van der Waals surface area contributed by atoms with Crippen molar-refractivity contribution in [2.45, 2.75) is 44.2 Å². The van der Waals surface area contributed by atoms with Crippen LogP contribution in [0.15, 0.2) is 18.2 Å². The van der Waals surface area contributed by atoms with Gasteiger partial charge in [-0.15, -0.1) is 12.4 Å². The first-order chi connectivity index (χ1) is 9.07. The molecule has 0 bridgehead atoms. The second-order valence-corrected chi connectivity index (χ2v) is 5.82. The number of nitrogens with zero attached hydrogens (tertiary/aromatic N) is 1. The van der Waals surface area contributed by atoms with Crippen LogP contribution in [-0.2, 0) is 12.1 Å². The summed E-state index contributed by atoms with van der Waals surface area (Å²) in [6.45, 7) is 0.793. The largest absolute Gasteiger partial charge is 0.496 e. The van der Waals surface area contributed by atoms with E-state index in [-0.39, 0.29) is 12.4 Å². The van der Waals surface area contributed by atoms with Crippen molar-refractivity contribution in [1.29, 1.82) is 0 Å². The summed E-state index contributed by atoms with van der Waals surface area (Å²) in [4.78, 5) is 2.12. The van der Waals surface area contributed by atoms with Gasteiger partial charge in [-0.1, -0.05) is 31.4 Å². The Hall–Kier alpha value is -0.770. The van der Waals surface area contributed by atoms with Crippen molar-refractivity contribution in [2.24, 2.45) is 0 Å². The van der Waals surface area contributed by atoms with Crippen LogP contribution in [0.3, 0.4) is 0 Å². The number of ether oxygens (including phenoxy) is 1. The first-order valence-corrected chi connectivity index (χ1v) is 7.10. The number of hydrogen-bond donors (Lipinski definition) is 1. The Balaban J connectivity index is 0.00000200. The van der Waals surface area contributed by atoms with Crippen LogP contribution in [0.25, 0.3) is 0 Å². The van der Waals surface area contributed by atoms with E-state index in [1.165, 1.54) is 6.42 Å². The van der Waals surface area contributed by atoms with Gasteiger partial charge in [0.15, 0.2) is 0 Å². The topological polar surface area (TPSA) is 32.7 Å². The SMILES string of the molecule is COc1cccc(C2(O)CCCCC2)c1CN(C)C.Cl. The van der Waals surface area contributed by atoms with Crippen molar-refractivity contribution >= 4 is 12.4 Å². The minimum Gasteiger partial charge on any atom is -0.496 e. The molecule has 1 saturated carbocycles. The quantitative estimate of drug-likeness (QED) is 0.925. The zero-order chi connectivity index (χ0) is 13.9. The maximum Gasteiger partial charge on any atom is 0.123 e. The average molecular weight is 300 g/mol. The zero-order valence-corrected chi connectivity index (χ0v) is 13.5. The fourth-order valence-electron chi connectivity index (χ4n) is 3.08. The molecule has 1 fully saturated rings. The Kier molecular flexibility index (Phi) is 6.31. The van der Waals surface area contributed by atoms with Crippen molar-refractivity contribution in [2.75, 3.05) is 21.2 Å². The molecule has 20 heavy (non-hydrogen) atoms. The van der Waals surface area contributed by atoms with Crippen molar-refractivity contribution in [1.82, 2.24) is 4.90 Å². The van der Waals surface area contributed by atoms with E-state index in [1.807, 2.05) is 26.2 Å². The summed E-state index contributed by atoms with van der Waals surface area (Å²) in [7, 11) is 5.78. The highest BCUT2D eigenvalue weighted by Gasteiger charge is 2.34. The first kappa shape index (κ1) is 17.3. The van der Waals surface area contributed by atoms with E-state index in [0.717, 1.165) is 49.1 Å². The Bertz CT molecular complexity index is 428. The summed E-state index contributed by atoms with van der Waals surface area (Å²) in [5.41, 5.74) is 1.51. The highest BCUT2D eigenvalue weighted by atomic mass is 35.5. The van der Waals surface area contributed by atoms with Gasteiger partial charge in [-0.2, -0.15) is 0 Å². The third kappa shape index (κ3) is 3.66. The van der Waals surface area contributed by atoms with Crippen molar-refractivity contribution < 1.29 is 9.84 Å². The minimum absolute atomic E-state index is 0. The molecule has 0 heterocycles. The van der Waals surface area contributed by atoms with Crippen LogP contribution in [0.5, 0.6) is 5.75 Å². The fraction of sp³-hybridized carbons (Fsp3) is 0.625. The predicted octanol–water partition coefficient (Wildman–Crippen LogP) is 3.33. The zero-order valence-electron chi connectivity index (χ0n) is 12.7. The number of aliphatic hydroxyl groups is 1. The van der Waals surface area contributed by atoms with Gasteiger partial charge in [0.1, 0.15) is 5.75 Å². The minimum atomic E-state index is -0.669. The van der Waals surface area contributed by atoms with Gasteiger partial charge in [0.25, 0.3) is 0 Å². The molecule has 0 unspecified atom stereocenters. The van der Waals surface area contributed by atoms with Gasteiger partial charge in [-0.05, 0) is 38.6 Å². The van der Waals surface area contributed by atoms with E-state index in [2.05, 4.69) is 11.0 Å². The molecule has 0 radical (unpaired) electrons. The Morgan fingerprint density at radius 3 is 2.40 bits per heavy atom. The van der Waals surface area contributed by atoms with Crippen LogP contribution in [0, 0.1) is 0 Å². The summed E-state index contributed by atoms with van der Waals surface area (Å²) < 4.78 is 5.48. The summed E-state index contributed by atoms with van der Waals surface area (Å²) in [6, 6.07) is 6.03. The van der Waals surface area contributed by atoms with E-state index < -0.39 is 5.60 Å². The highest BCUT2D eigenvalue weighted by molar-refractivity contribution is 5.85. The van der Waals surface area contributed by atoms with Crippen LogP contribution >= 0.6 is 12.4 Å². The molecular weight excluding hydrogens is 274 g/mol. The fourth-order valence-corrected chi connectivity index (χ4v) is 3.08. The lowest BCUT2D eigenvalue weighted by Crippen LogP contribution is -2.30. The van der Waals surface area contributed by atoms with Crippen LogP contribution in [0.2, 0.25) is 0 Å². The van der Waals surface area contributed by atoms with E-state index >= 15 is 0 Å². The third-order valence-corrected chi connectivity index (χ3v) is 4.01. The van der Waals surface area contributed by atoms with Crippen LogP contribution in [0.4, 0.5) is 0 Å². The van der Waals surface area contributed by atoms with Crippen LogP contribution < -0.4 is 4.74 Å². The number of halogens is 1. The molecule has 1 aromatic rings. The molecule has 0 aromatic heterocycles. The maximum absolute atomic E-state index is 11.0. The average Bonchev–Trinajstić information content (AvgIpc) is 2.39. The summed E-state index contributed by atoms with van der Waals surface area (Å²) >= 11 is 0. The number of benzene rings is 1. The molecule has 1 aliphatic carbocycles. The number of rotatable bonds is 4.